The van der Waals surface area contributed by atoms with E-state index in [1.54, 1.807) is 11.4 Å². The Balaban J connectivity index is 1.80. The van der Waals surface area contributed by atoms with Crippen LogP contribution in [0.3, 0.4) is 0 Å². The molecular formula is C17H28N4O2S. The SMILES string of the molecule is CN=C(NCCN1CCCS1(=O)=O)NCC(C)(C)c1ccccc1. The predicted molar refractivity (Wildman–Crippen MR) is 98.8 cm³/mol. The van der Waals surface area contributed by atoms with Crippen molar-refractivity contribution in [3.05, 3.63) is 35.9 Å². The first-order chi connectivity index (χ1) is 11.3. The van der Waals surface area contributed by atoms with Crippen molar-refractivity contribution < 1.29 is 8.42 Å². The summed E-state index contributed by atoms with van der Waals surface area (Å²) in [6, 6.07) is 10.3. The molecule has 0 aromatic heterocycles. The van der Waals surface area contributed by atoms with Crippen molar-refractivity contribution in [2.24, 2.45) is 4.99 Å². The molecule has 6 nitrogen and oxygen atoms in total. The fourth-order valence-corrected chi connectivity index (χ4v) is 4.29. The van der Waals surface area contributed by atoms with E-state index in [2.05, 4.69) is 41.6 Å². The maximum absolute atomic E-state index is 11.8. The summed E-state index contributed by atoms with van der Waals surface area (Å²) in [6.07, 6.45) is 0.723. The minimum Gasteiger partial charge on any atom is -0.356 e. The quantitative estimate of drug-likeness (QED) is 0.595. The number of benzene rings is 1. The van der Waals surface area contributed by atoms with Crippen molar-refractivity contribution in [2.75, 3.05) is 39.0 Å². The summed E-state index contributed by atoms with van der Waals surface area (Å²) < 4.78 is 25.1. The highest BCUT2D eigenvalue weighted by molar-refractivity contribution is 7.89. The van der Waals surface area contributed by atoms with E-state index in [0.29, 0.717) is 25.6 Å². The zero-order valence-corrected chi connectivity index (χ0v) is 15.6. The normalized spacial score (nSPS) is 18.5. The molecule has 134 valence electrons. The van der Waals surface area contributed by atoms with Crippen molar-refractivity contribution in [3.63, 3.8) is 0 Å². The van der Waals surface area contributed by atoms with Crippen LogP contribution in [0.2, 0.25) is 0 Å². The van der Waals surface area contributed by atoms with Gasteiger partial charge in [-0.25, -0.2) is 12.7 Å². The molecule has 1 aliphatic rings. The van der Waals surface area contributed by atoms with Gasteiger partial charge >= 0.3 is 0 Å². The highest BCUT2D eigenvalue weighted by Crippen LogP contribution is 2.21. The van der Waals surface area contributed by atoms with E-state index in [1.807, 2.05) is 18.2 Å². The summed E-state index contributed by atoms with van der Waals surface area (Å²) in [5, 5.41) is 6.52. The Kier molecular flexibility index (Phi) is 6.23. The number of hydrogen-bond donors (Lipinski definition) is 2. The fourth-order valence-electron chi connectivity index (χ4n) is 2.76. The molecule has 0 bridgehead atoms. The molecule has 1 heterocycles. The van der Waals surface area contributed by atoms with Crippen LogP contribution < -0.4 is 10.6 Å². The lowest BCUT2D eigenvalue weighted by Crippen LogP contribution is -2.45. The molecule has 1 aromatic carbocycles. The number of guanidine groups is 1. The topological polar surface area (TPSA) is 73.8 Å². The molecule has 7 heteroatoms. The van der Waals surface area contributed by atoms with Gasteiger partial charge in [0.15, 0.2) is 5.96 Å². The number of aliphatic imine (C=N–C) groups is 1. The van der Waals surface area contributed by atoms with Crippen LogP contribution in [-0.2, 0) is 15.4 Å². The second kappa shape index (κ2) is 7.98. The largest absolute Gasteiger partial charge is 0.356 e. The van der Waals surface area contributed by atoms with Crippen LogP contribution in [0, 0.1) is 0 Å². The first-order valence-electron chi connectivity index (χ1n) is 8.33. The zero-order valence-electron chi connectivity index (χ0n) is 14.7. The van der Waals surface area contributed by atoms with E-state index in [9.17, 15) is 8.42 Å². The average molecular weight is 353 g/mol. The number of nitrogens with zero attached hydrogens (tertiary/aromatic N) is 2. The Labute approximate surface area is 145 Å². The Morgan fingerprint density at radius 2 is 1.96 bits per heavy atom. The molecule has 0 saturated carbocycles. The molecule has 2 rings (SSSR count). The van der Waals surface area contributed by atoms with Crippen molar-refractivity contribution in [1.82, 2.24) is 14.9 Å². The van der Waals surface area contributed by atoms with Gasteiger partial charge in [-0.1, -0.05) is 44.2 Å². The van der Waals surface area contributed by atoms with Gasteiger partial charge in [-0.3, -0.25) is 4.99 Å². The molecule has 1 fully saturated rings. The summed E-state index contributed by atoms with van der Waals surface area (Å²) >= 11 is 0. The molecule has 0 radical (unpaired) electrons. The van der Waals surface area contributed by atoms with Crippen molar-refractivity contribution in [1.29, 1.82) is 0 Å². The van der Waals surface area contributed by atoms with Gasteiger partial charge in [0.05, 0.1) is 5.75 Å². The van der Waals surface area contributed by atoms with E-state index in [4.69, 9.17) is 0 Å². The van der Waals surface area contributed by atoms with Crippen LogP contribution in [0.4, 0.5) is 0 Å². The lowest BCUT2D eigenvalue weighted by Gasteiger charge is -2.27. The summed E-state index contributed by atoms with van der Waals surface area (Å²) in [4.78, 5) is 4.21. The van der Waals surface area contributed by atoms with Gasteiger partial charge in [0.1, 0.15) is 0 Å². The van der Waals surface area contributed by atoms with Gasteiger partial charge in [-0.05, 0) is 12.0 Å². The Morgan fingerprint density at radius 1 is 1.25 bits per heavy atom. The lowest BCUT2D eigenvalue weighted by molar-refractivity contribution is 0.444. The molecule has 0 amide bonds. The summed E-state index contributed by atoms with van der Waals surface area (Å²) in [5.41, 5.74) is 1.23. The molecule has 0 aliphatic carbocycles. The number of rotatable bonds is 6. The molecule has 1 aromatic rings. The Bertz CT molecular complexity index is 656. The van der Waals surface area contributed by atoms with Crippen LogP contribution in [0.5, 0.6) is 0 Å². The minimum absolute atomic E-state index is 0.0306. The van der Waals surface area contributed by atoms with Crippen molar-refractivity contribution in [2.45, 2.75) is 25.7 Å². The predicted octanol–water partition coefficient (Wildman–Crippen LogP) is 1.16. The minimum atomic E-state index is -3.03. The summed E-state index contributed by atoms with van der Waals surface area (Å²) in [7, 11) is -1.31. The molecular weight excluding hydrogens is 324 g/mol. The maximum atomic E-state index is 11.8. The molecule has 0 spiro atoms. The third-order valence-electron chi connectivity index (χ3n) is 4.33. The fraction of sp³-hybridized carbons (Fsp3) is 0.588. The van der Waals surface area contributed by atoms with Crippen molar-refractivity contribution >= 4 is 16.0 Å². The number of hydrogen-bond acceptors (Lipinski definition) is 3. The average Bonchev–Trinajstić information content (AvgIpc) is 2.90. The van der Waals surface area contributed by atoms with Gasteiger partial charge in [0.25, 0.3) is 0 Å². The standard InChI is InChI=1S/C17H28N4O2S/c1-17(2,15-8-5-4-6-9-15)14-20-16(18-3)19-10-12-21-11-7-13-24(21,22)23/h4-6,8-9H,7,10-14H2,1-3H3,(H2,18,19,20). The van der Waals surface area contributed by atoms with E-state index in [-0.39, 0.29) is 11.2 Å². The summed E-state index contributed by atoms with van der Waals surface area (Å²) in [5.74, 6) is 0.959. The van der Waals surface area contributed by atoms with Crippen molar-refractivity contribution in [3.8, 4) is 0 Å². The smallest absolute Gasteiger partial charge is 0.214 e. The van der Waals surface area contributed by atoms with Gasteiger partial charge < -0.3 is 10.6 Å². The molecule has 24 heavy (non-hydrogen) atoms. The summed E-state index contributed by atoms with van der Waals surface area (Å²) in [6.45, 7) is 6.74. The molecule has 0 unspecified atom stereocenters. The maximum Gasteiger partial charge on any atom is 0.214 e. The van der Waals surface area contributed by atoms with E-state index in [1.165, 1.54) is 5.56 Å². The molecule has 1 aliphatic heterocycles. The molecule has 1 saturated heterocycles. The second-order valence-electron chi connectivity index (χ2n) is 6.67. The van der Waals surface area contributed by atoms with E-state index in [0.717, 1.165) is 13.0 Å². The first kappa shape index (κ1) is 18.7. The zero-order chi connectivity index (χ0) is 17.6. The Hall–Kier alpha value is -1.60. The van der Waals surface area contributed by atoms with Gasteiger partial charge in [0.2, 0.25) is 10.0 Å². The number of sulfonamides is 1. The number of nitrogens with one attached hydrogen (secondary N) is 2. The van der Waals surface area contributed by atoms with E-state index >= 15 is 0 Å². The lowest BCUT2D eigenvalue weighted by atomic mass is 9.85. The van der Waals surface area contributed by atoms with Gasteiger partial charge in [0, 0.05) is 38.6 Å². The third kappa shape index (κ3) is 4.95. The Morgan fingerprint density at radius 3 is 2.54 bits per heavy atom. The molecule has 0 atom stereocenters. The monoisotopic (exact) mass is 352 g/mol. The first-order valence-corrected chi connectivity index (χ1v) is 9.94. The van der Waals surface area contributed by atoms with Crippen LogP contribution in [0.15, 0.2) is 35.3 Å². The highest BCUT2D eigenvalue weighted by Gasteiger charge is 2.27. The van der Waals surface area contributed by atoms with E-state index < -0.39 is 10.0 Å². The second-order valence-corrected chi connectivity index (χ2v) is 8.76. The highest BCUT2D eigenvalue weighted by atomic mass is 32.2. The van der Waals surface area contributed by atoms with Gasteiger partial charge in [-0.15, -0.1) is 0 Å². The third-order valence-corrected chi connectivity index (χ3v) is 6.29. The van der Waals surface area contributed by atoms with Crippen LogP contribution >= 0.6 is 0 Å². The van der Waals surface area contributed by atoms with Crippen LogP contribution in [0.1, 0.15) is 25.8 Å². The van der Waals surface area contributed by atoms with Gasteiger partial charge in [-0.2, -0.15) is 0 Å². The molecule has 2 N–H and O–H groups in total. The van der Waals surface area contributed by atoms with Crippen LogP contribution in [-0.4, -0.2) is 57.7 Å². The van der Waals surface area contributed by atoms with Crippen LogP contribution in [0.25, 0.3) is 0 Å².